The third-order valence-electron chi connectivity index (χ3n) is 3.90. The SMILES string of the molecule is Cc1occc1-c1nnc2n1N=C(c1ccccc1)[C@@H](CC(=O)O)S2. The van der Waals surface area contributed by atoms with Gasteiger partial charge in [-0.3, -0.25) is 4.79 Å². The van der Waals surface area contributed by atoms with Gasteiger partial charge in [0.15, 0.2) is 5.82 Å². The van der Waals surface area contributed by atoms with Gasteiger partial charge in [-0.15, -0.1) is 10.2 Å². The molecular weight excluding hydrogens is 340 g/mol. The number of aryl methyl sites for hydroxylation is 1. The number of carbonyl (C=O) groups is 1. The van der Waals surface area contributed by atoms with Gasteiger partial charge in [0.25, 0.3) is 0 Å². The second-order valence-electron chi connectivity index (χ2n) is 5.56. The van der Waals surface area contributed by atoms with E-state index >= 15 is 0 Å². The van der Waals surface area contributed by atoms with E-state index in [4.69, 9.17) is 4.42 Å². The Morgan fingerprint density at radius 2 is 2.08 bits per heavy atom. The number of aliphatic carboxylic acids is 1. The number of carboxylic acids is 1. The molecule has 0 amide bonds. The lowest BCUT2D eigenvalue weighted by Crippen LogP contribution is -2.27. The van der Waals surface area contributed by atoms with Crippen LogP contribution in [0.15, 0.2) is 57.3 Å². The highest BCUT2D eigenvalue weighted by Gasteiger charge is 2.31. The summed E-state index contributed by atoms with van der Waals surface area (Å²) in [5, 5.41) is 22.6. The number of furan rings is 1. The topological polar surface area (TPSA) is 93.5 Å². The van der Waals surface area contributed by atoms with Crippen molar-refractivity contribution in [1.82, 2.24) is 14.9 Å². The number of hydrogen-bond acceptors (Lipinski definition) is 6. The maximum atomic E-state index is 11.3. The van der Waals surface area contributed by atoms with Crippen molar-refractivity contribution in [3.8, 4) is 11.4 Å². The molecule has 126 valence electrons. The molecule has 1 N–H and O–H groups in total. The molecule has 2 aromatic heterocycles. The van der Waals surface area contributed by atoms with E-state index in [1.165, 1.54) is 11.8 Å². The average molecular weight is 354 g/mol. The van der Waals surface area contributed by atoms with Crippen molar-refractivity contribution in [3.05, 3.63) is 54.0 Å². The van der Waals surface area contributed by atoms with Crippen molar-refractivity contribution >= 4 is 23.4 Å². The molecule has 0 spiro atoms. The quantitative estimate of drug-likeness (QED) is 0.774. The van der Waals surface area contributed by atoms with Crippen LogP contribution in [-0.4, -0.2) is 36.9 Å². The molecule has 0 saturated carbocycles. The van der Waals surface area contributed by atoms with Gasteiger partial charge < -0.3 is 9.52 Å². The molecule has 0 fully saturated rings. The van der Waals surface area contributed by atoms with Crippen LogP contribution in [-0.2, 0) is 4.79 Å². The van der Waals surface area contributed by atoms with Crippen molar-refractivity contribution in [2.45, 2.75) is 23.8 Å². The minimum atomic E-state index is -0.875. The Morgan fingerprint density at radius 1 is 1.28 bits per heavy atom. The van der Waals surface area contributed by atoms with E-state index in [1.54, 1.807) is 10.9 Å². The molecule has 1 atom stereocenters. The van der Waals surface area contributed by atoms with Gasteiger partial charge in [0.2, 0.25) is 5.16 Å². The van der Waals surface area contributed by atoms with Crippen LogP contribution >= 0.6 is 11.8 Å². The summed E-state index contributed by atoms with van der Waals surface area (Å²) in [5.41, 5.74) is 2.39. The Balaban J connectivity index is 1.84. The summed E-state index contributed by atoms with van der Waals surface area (Å²) in [4.78, 5) is 11.3. The summed E-state index contributed by atoms with van der Waals surface area (Å²) >= 11 is 1.36. The van der Waals surface area contributed by atoms with Gasteiger partial charge in [0.05, 0.1) is 29.2 Å². The van der Waals surface area contributed by atoms with Crippen LogP contribution in [0.4, 0.5) is 0 Å². The molecule has 1 aromatic carbocycles. The van der Waals surface area contributed by atoms with Crippen LogP contribution in [0.3, 0.4) is 0 Å². The maximum absolute atomic E-state index is 11.3. The van der Waals surface area contributed by atoms with Gasteiger partial charge >= 0.3 is 5.97 Å². The fraction of sp³-hybridized carbons (Fsp3) is 0.176. The maximum Gasteiger partial charge on any atom is 0.304 e. The highest BCUT2D eigenvalue weighted by Crippen LogP contribution is 2.35. The standard InChI is InChI=1S/C17H14N4O3S/c1-10-12(7-8-24-10)16-18-19-17-21(16)20-15(11-5-3-2-4-6-11)13(25-17)9-14(22)23/h2-8,13H,9H2,1H3,(H,22,23)/t13-/m1/s1. The molecule has 0 aliphatic carbocycles. The average Bonchev–Trinajstić information content (AvgIpc) is 3.19. The van der Waals surface area contributed by atoms with E-state index < -0.39 is 5.97 Å². The highest BCUT2D eigenvalue weighted by molar-refractivity contribution is 8.00. The highest BCUT2D eigenvalue weighted by atomic mass is 32.2. The third kappa shape index (κ3) is 2.85. The minimum absolute atomic E-state index is 0.0364. The van der Waals surface area contributed by atoms with E-state index in [0.717, 1.165) is 16.9 Å². The summed E-state index contributed by atoms with van der Waals surface area (Å²) in [7, 11) is 0. The van der Waals surface area contributed by atoms with Gasteiger partial charge in [0.1, 0.15) is 5.76 Å². The zero-order valence-corrected chi connectivity index (χ0v) is 14.1. The number of fused-ring (bicyclic) bond motifs is 1. The van der Waals surface area contributed by atoms with E-state index in [1.807, 2.05) is 43.3 Å². The fourth-order valence-electron chi connectivity index (χ4n) is 2.72. The Hall–Kier alpha value is -2.87. The Kier molecular flexibility index (Phi) is 3.89. The minimum Gasteiger partial charge on any atom is -0.481 e. The van der Waals surface area contributed by atoms with Crippen molar-refractivity contribution in [1.29, 1.82) is 0 Å². The first-order valence-electron chi connectivity index (χ1n) is 7.66. The number of aromatic nitrogens is 3. The zero-order valence-electron chi connectivity index (χ0n) is 13.3. The zero-order chi connectivity index (χ0) is 17.4. The number of hydrogen-bond donors (Lipinski definition) is 1. The number of benzene rings is 1. The van der Waals surface area contributed by atoms with Crippen LogP contribution in [0.1, 0.15) is 17.7 Å². The predicted octanol–water partition coefficient (Wildman–Crippen LogP) is 3.05. The lowest BCUT2D eigenvalue weighted by Gasteiger charge is -2.21. The van der Waals surface area contributed by atoms with Crippen LogP contribution in [0, 0.1) is 6.92 Å². The molecule has 3 heterocycles. The molecule has 0 saturated heterocycles. The third-order valence-corrected chi connectivity index (χ3v) is 5.04. The summed E-state index contributed by atoms with van der Waals surface area (Å²) in [5.74, 6) is 0.431. The van der Waals surface area contributed by atoms with Crippen LogP contribution in [0.2, 0.25) is 0 Å². The van der Waals surface area contributed by atoms with Gasteiger partial charge in [0, 0.05) is 0 Å². The van der Waals surface area contributed by atoms with E-state index in [9.17, 15) is 9.90 Å². The fourth-order valence-corrected chi connectivity index (χ4v) is 3.81. The Labute approximate surface area is 147 Å². The van der Waals surface area contributed by atoms with Crippen LogP contribution in [0.25, 0.3) is 11.4 Å². The van der Waals surface area contributed by atoms with Crippen molar-refractivity contribution in [2.75, 3.05) is 0 Å². The molecule has 1 aliphatic heterocycles. The van der Waals surface area contributed by atoms with Gasteiger partial charge in [-0.2, -0.15) is 9.78 Å². The first-order chi connectivity index (χ1) is 12.1. The molecule has 0 radical (unpaired) electrons. The first kappa shape index (κ1) is 15.6. The predicted molar refractivity (Wildman–Crippen MR) is 92.7 cm³/mol. The van der Waals surface area contributed by atoms with Crippen LogP contribution < -0.4 is 0 Å². The second-order valence-corrected chi connectivity index (χ2v) is 6.73. The monoisotopic (exact) mass is 354 g/mol. The van der Waals surface area contributed by atoms with E-state index in [2.05, 4.69) is 15.3 Å². The molecule has 3 aromatic rings. The Morgan fingerprint density at radius 3 is 2.76 bits per heavy atom. The molecule has 4 rings (SSSR count). The Bertz CT molecular complexity index is 961. The number of nitrogens with zero attached hydrogens (tertiary/aromatic N) is 4. The first-order valence-corrected chi connectivity index (χ1v) is 8.54. The van der Waals surface area contributed by atoms with E-state index in [0.29, 0.717) is 16.7 Å². The number of carboxylic acid groups (broad SMARTS) is 1. The van der Waals surface area contributed by atoms with E-state index in [-0.39, 0.29) is 11.7 Å². The van der Waals surface area contributed by atoms with Gasteiger partial charge in [-0.1, -0.05) is 42.1 Å². The largest absolute Gasteiger partial charge is 0.481 e. The summed E-state index contributed by atoms with van der Waals surface area (Å²) in [6, 6.07) is 11.4. The number of rotatable bonds is 4. The molecule has 0 bridgehead atoms. The number of thioether (sulfide) groups is 1. The smallest absolute Gasteiger partial charge is 0.304 e. The van der Waals surface area contributed by atoms with Crippen LogP contribution in [0.5, 0.6) is 0 Å². The molecule has 1 aliphatic rings. The summed E-state index contributed by atoms with van der Waals surface area (Å²) in [6.07, 6.45) is 1.56. The molecular formula is C17H14N4O3S. The molecule has 8 heteroatoms. The van der Waals surface area contributed by atoms with Gasteiger partial charge in [-0.05, 0) is 18.6 Å². The van der Waals surface area contributed by atoms with Crippen molar-refractivity contribution in [3.63, 3.8) is 0 Å². The summed E-state index contributed by atoms with van der Waals surface area (Å²) < 4.78 is 7.01. The molecule has 7 nitrogen and oxygen atoms in total. The lowest BCUT2D eigenvalue weighted by molar-refractivity contribution is -0.136. The second kappa shape index (κ2) is 6.21. The summed E-state index contributed by atoms with van der Waals surface area (Å²) in [6.45, 7) is 1.85. The van der Waals surface area contributed by atoms with Crippen molar-refractivity contribution in [2.24, 2.45) is 5.10 Å². The van der Waals surface area contributed by atoms with Crippen molar-refractivity contribution < 1.29 is 14.3 Å². The lowest BCUT2D eigenvalue weighted by atomic mass is 10.1. The normalized spacial score (nSPS) is 16.4. The molecule has 25 heavy (non-hydrogen) atoms. The molecule has 0 unspecified atom stereocenters. The van der Waals surface area contributed by atoms with Gasteiger partial charge in [-0.25, -0.2) is 0 Å².